The van der Waals surface area contributed by atoms with Crippen molar-refractivity contribution in [2.75, 3.05) is 0 Å². The maximum atomic E-state index is 12.0. The normalized spacial score (nSPS) is 12.4. The van der Waals surface area contributed by atoms with Gasteiger partial charge in [0.1, 0.15) is 5.56 Å². The topological polar surface area (TPSA) is 54.6 Å². The lowest BCUT2D eigenvalue weighted by molar-refractivity contribution is -0.0790. The lowest BCUT2D eigenvalue weighted by atomic mass is 10.2. The molecule has 0 aliphatic heterocycles. The molecule has 0 bridgehead atoms. The molecule has 2 heterocycles. The Bertz CT molecular complexity index is 629. The van der Waals surface area contributed by atoms with E-state index >= 15 is 0 Å². The Morgan fingerprint density at radius 2 is 2.11 bits per heavy atom. The first-order valence-corrected chi connectivity index (χ1v) is 4.83. The second-order valence-electron chi connectivity index (χ2n) is 3.53. The number of carboxylic acid groups (broad SMARTS) is 1. The highest BCUT2D eigenvalue weighted by Gasteiger charge is 2.21. The minimum atomic E-state index is -4.38. The van der Waals surface area contributed by atoms with Gasteiger partial charge in [-0.1, -0.05) is 6.07 Å². The summed E-state index contributed by atoms with van der Waals surface area (Å²) in [6.07, 6.45) is -0.915. The number of carbonyl (C=O) groups is 1. The zero-order valence-electron chi connectivity index (χ0n) is 8.85. The van der Waals surface area contributed by atoms with Crippen molar-refractivity contribution in [1.29, 1.82) is 0 Å². The smallest absolute Gasteiger partial charge is 0.409 e. The Balaban J connectivity index is 2.41. The molecule has 0 radical (unpaired) electrons. The van der Waals surface area contributed by atoms with Gasteiger partial charge in [-0.3, -0.25) is 0 Å². The van der Waals surface area contributed by atoms with E-state index in [0.29, 0.717) is 5.52 Å². The zero-order valence-corrected chi connectivity index (χ0v) is 8.85. The van der Waals surface area contributed by atoms with E-state index in [4.69, 9.17) is 5.11 Å². The van der Waals surface area contributed by atoms with Crippen molar-refractivity contribution < 1.29 is 23.1 Å². The highest BCUT2D eigenvalue weighted by atomic mass is 19.4. The van der Waals surface area contributed by atoms with Crippen LogP contribution in [0.4, 0.5) is 13.2 Å². The SMILES string of the molecule is O=C(O)c1cnn2cc(/C=C/C(F)(F)F)ccc12. The van der Waals surface area contributed by atoms with Crippen molar-refractivity contribution in [2.24, 2.45) is 0 Å². The predicted molar refractivity (Wildman–Crippen MR) is 57.2 cm³/mol. The van der Waals surface area contributed by atoms with Crippen LogP contribution in [0.15, 0.2) is 30.6 Å². The van der Waals surface area contributed by atoms with E-state index in [2.05, 4.69) is 5.10 Å². The molecule has 1 N–H and O–H groups in total. The molecule has 0 aromatic carbocycles. The number of allylic oxidation sites excluding steroid dienone is 1. The first kappa shape index (κ1) is 12.2. The average molecular weight is 256 g/mol. The maximum Gasteiger partial charge on any atom is 0.409 e. The molecule has 0 fully saturated rings. The van der Waals surface area contributed by atoms with Crippen LogP contribution in [0.5, 0.6) is 0 Å². The second-order valence-corrected chi connectivity index (χ2v) is 3.53. The summed E-state index contributed by atoms with van der Waals surface area (Å²) in [5, 5.41) is 12.6. The molecule has 0 aliphatic rings. The van der Waals surface area contributed by atoms with E-state index < -0.39 is 12.1 Å². The third kappa shape index (κ3) is 2.50. The summed E-state index contributed by atoms with van der Waals surface area (Å²) in [6, 6.07) is 2.80. The summed E-state index contributed by atoms with van der Waals surface area (Å²) in [5.74, 6) is -1.14. The molecule has 0 spiro atoms. The van der Waals surface area contributed by atoms with Gasteiger partial charge in [0, 0.05) is 12.3 Å². The third-order valence-electron chi connectivity index (χ3n) is 2.23. The van der Waals surface area contributed by atoms with E-state index in [1.54, 1.807) is 0 Å². The number of hydrogen-bond acceptors (Lipinski definition) is 2. The van der Waals surface area contributed by atoms with E-state index in [0.717, 1.165) is 12.3 Å². The van der Waals surface area contributed by atoms with Gasteiger partial charge >= 0.3 is 12.1 Å². The zero-order chi connectivity index (χ0) is 13.3. The lowest BCUT2D eigenvalue weighted by Gasteiger charge is -1.99. The van der Waals surface area contributed by atoms with Crippen molar-refractivity contribution in [3.05, 3.63) is 41.7 Å². The molecule has 2 aromatic rings. The number of aromatic carboxylic acids is 1. The average Bonchev–Trinajstić information content (AvgIpc) is 2.68. The molecule has 2 rings (SSSR count). The largest absolute Gasteiger partial charge is 0.478 e. The summed E-state index contributed by atoms with van der Waals surface area (Å²) in [6.45, 7) is 0. The van der Waals surface area contributed by atoms with Crippen molar-refractivity contribution >= 4 is 17.6 Å². The maximum absolute atomic E-state index is 12.0. The minimum Gasteiger partial charge on any atom is -0.478 e. The van der Waals surface area contributed by atoms with Gasteiger partial charge in [-0.15, -0.1) is 0 Å². The summed E-state index contributed by atoms with van der Waals surface area (Å²) in [5.41, 5.74) is 0.605. The molecular formula is C11H7F3N2O2. The first-order valence-electron chi connectivity index (χ1n) is 4.83. The number of halogens is 3. The number of nitrogens with zero attached hydrogens (tertiary/aromatic N) is 2. The van der Waals surface area contributed by atoms with Crippen LogP contribution in [0, 0.1) is 0 Å². The lowest BCUT2D eigenvalue weighted by Crippen LogP contribution is -2.00. The second kappa shape index (κ2) is 4.17. The molecule has 4 nitrogen and oxygen atoms in total. The quantitative estimate of drug-likeness (QED) is 0.898. The highest BCUT2D eigenvalue weighted by Crippen LogP contribution is 2.19. The Hall–Kier alpha value is -2.31. The van der Waals surface area contributed by atoms with Gasteiger partial charge in [0.25, 0.3) is 0 Å². The monoisotopic (exact) mass is 256 g/mol. The Kier molecular flexibility index (Phi) is 2.82. The van der Waals surface area contributed by atoms with Crippen LogP contribution in [-0.4, -0.2) is 26.9 Å². The number of hydrogen-bond donors (Lipinski definition) is 1. The fourth-order valence-electron chi connectivity index (χ4n) is 1.45. The molecule has 0 amide bonds. The van der Waals surface area contributed by atoms with E-state index in [1.807, 2.05) is 0 Å². The molecule has 2 aromatic heterocycles. The molecule has 7 heteroatoms. The van der Waals surface area contributed by atoms with Gasteiger partial charge in [0.05, 0.1) is 11.7 Å². The third-order valence-corrected chi connectivity index (χ3v) is 2.23. The summed E-state index contributed by atoms with van der Waals surface area (Å²) in [7, 11) is 0. The fraction of sp³-hybridized carbons (Fsp3) is 0.0909. The van der Waals surface area contributed by atoms with E-state index in [9.17, 15) is 18.0 Å². The molecule has 0 atom stereocenters. The van der Waals surface area contributed by atoms with Crippen LogP contribution >= 0.6 is 0 Å². The van der Waals surface area contributed by atoms with Gasteiger partial charge in [-0.25, -0.2) is 9.31 Å². The van der Waals surface area contributed by atoms with Crippen LogP contribution in [-0.2, 0) is 0 Å². The summed E-state index contributed by atoms with van der Waals surface area (Å²) < 4.78 is 37.2. The van der Waals surface area contributed by atoms with E-state index in [1.165, 1.54) is 22.8 Å². The molecule has 0 saturated carbocycles. The van der Waals surface area contributed by atoms with Crippen LogP contribution in [0.2, 0.25) is 0 Å². The van der Waals surface area contributed by atoms with Crippen LogP contribution < -0.4 is 0 Å². The standard InChI is InChI=1S/C11H7F3N2O2/c12-11(13,14)4-3-7-1-2-9-8(10(17)18)5-15-16(9)6-7/h1-6H,(H,17,18)/b4-3+. The number of carboxylic acids is 1. The Morgan fingerprint density at radius 3 is 2.72 bits per heavy atom. The Labute approximate surface area is 99.0 Å². The molecular weight excluding hydrogens is 249 g/mol. The van der Waals surface area contributed by atoms with E-state index in [-0.39, 0.29) is 17.2 Å². The number of aromatic nitrogens is 2. The predicted octanol–water partition coefficient (Wildman–Crippen LogP) is 2.61. The number of alkyl halides is 3. The summed E-state index contributed by atoms with van der Waals surface area (Å²) >= 11 is 0. The molecule has 94 valence electrons. The molecule has 0 saturated heterocycles. The highest BCUT2D eigenvalue weighted by molar-refractivity contribution is 5.95. The molecule has 18 heavy (non-hydrogen) atoms. The van der Waals surface area contributed by atoms with Crippen molar-refractivity contribution in [1.82, 2.24) is 9.61 Å². The summed E-state index contributed by atoms with van der Waals surface area (Å²) in [4.78, 5) is 10.8. The number of fused-ring (bicyclic) bond motifs is 1. The van der Waals surface area contributed by atoms with Gasteiger partial charge in [-0.05, 0) is 17.7 Å². The minimum absolute atomic E-state index is 0.00125. The van der Waals surface area contributed by atoms with Crippen LogP contribution in [0.1, 0.15) is 15.9 Å². The fourth-order valence-corrected chi connectivity index (χ4v) is 1.45. The van der Waals surface area contributed by atoms with Gasteiger partial charge in [0.2, 0.25) is 0 Å². The van der Waals surface area contributed by atoms with Gasteiger partial charge in [-0.2, -0.15) is 18.3 Å². The Morgan fingerprint density at radius 1 is 1.39 bits per heavy atom. The first-order chi connectivity index (χ1) is 8.37. The molecule has 0 unspecified atom stereocenters. The van der Waals surface area contributed by atoms with Crippen LogP contribution in [0.25, 0.3) is 11.6 Å². The van der Waals surface area contributed by atoms with Crippen molar-refractivity contribution in [3.63, 3.8) is 0 Å². The van der Waals surface area contributed by atoms with Gasteiger partial charge in [0.15, 0.2) is 0 Å². The number of pyridine rings is 1. The van der Waals surface area contributed by atoms with Crippen LogP contribution in [0.3, 0.4) is 0 Å². The van der Waals surface area contributed by atoms with Crippen molar-refractivity contribution in [3.8, 4) is 0 Å². The molecule has 0 aliphatic carbocycles. The van der Waals surface area contributed by atoms with Gasteiger partial charge < -0.3 is 5.11 Å². The number of rotatable bonds is 2. The van der Waals surface area contributed by atoms with Crippen molar-refractivity contribution in [2.45, 2.75) is 6.18 Å².